The number of nitrogens with one attached hydrogen (secondary N) is 1. The number of non-ortho nitro benzene ring substituents is 1. The number of nitro groups is 1. The summed E-state index contributed by atoms with van der Waals surface area (Å²) in [5.74, 6) is -0.456. The van der Waals surface area contributed by atoms with Crippen LogP contribution < -0.4 is 14.4 Å². The largest absolute Gasteiger partial charge is 0.495 e. The summed E-state index contributed by atoms with van der Waals surface area (Å²) >= 11 is 0. The summed E-state index contributed by atoms with van der Waals surface area (Å²) in [6, 6.07) is 17.3. The van der Waals surface area contributed by atoms with E-state index >= 15 is 0 Å². The van der Waals surface area contributed by atoms with Crippen LogP contribution in [0.5, 0.6) is 5.75 Å². The molecule has 3 aromatic rings. The molecule has 1 N–H and O–H groups in total. The quantitative estimate of drug-likeness (QED) is 0.481. The van der Waals surface area contributed by atoms with Crippen molar-refractivity contribution in [2.45, 2.75) is 4.90 Å². The Morgan fingerprint density at radius 2 is 1.74 bits per heavy atom. The Kier molecular flexibility index (Phi) is 5.07. The molecular formula is C21H17N3O6S. The van der Waals surface area contributed by atoms with Gasteiger partial charge in [-0.05, 0) is 18.2 Å². The highest BCUT2D eigenvalue weighted by molar-refractivity contribution is 7.93. The van der Waals surface area contributed by atoms with Gasteiger partial charge in [0.25, 0.3) is 15.7 Å². The van der Waals surface area contributed by atoms with Crippen LogP contribution in [0.2, 0.25) is 0 Å². The fourth-order valence-corrected chi connectivity index (χ4v) is 5.13. The van der Waals surface area contributed by atoms with Gasteiger partial charge < -0.3 is 10.1 Å². The molecule has 0 unspecified atom stereocenters. The number of carbonyl (C=O) groups is 1. The third kappa shape index (κ3) is 3.57. The Morgan fingerprint density at radius 3 is 2.45 bits per heavy atom. The van der Waals surface area contributed by atoms with Crippen molar-refractivity contribution >= 4 is 33.0 Å². The summed E-state index contributed by atoms with van der Waals surface area (Å²) < 4.78 is 32.7. The van der Waals surface area contributed by atoms with Gasteiger partial charge in [0.2, 0.25) is 5.91 Å². The smallest absolute Gasteiger partial charge is 0.271 e. The lowest BCUT2D eigenvalue weighted by Crippen LogP contribution is -2.40. The fraction of sp³-hybridized carbons (Fsp3) is 0.0952. The number of hydrogen-bond donors (Lipinski definition) is 1. The van der Waals surface area contributed by atoms with Crippen molar-refractivity contribution in [2.75, 3.05) is 23.3 Å². The van der Waals surface area contributed by atoms with Crippen molar-refractivity contribution in [3.63, 3.8) is 0 Å². The number of sulfonamides is 1. The van der Waals surface area contributed by atoms with Crippen molar-refractivity contribution in [3.05, 3.63) is 76.8 Å². The molecule has 0 aromatic heterocycles. The molecule has 158 valence electrons. The summed E-state index contributed by atoms with van der Waals surface area (Å²) in [6.45, 7) is -0.514. The predicted molar refractivity (Wildman–Crippen MR) is 115 cm³/mol. The second-order valence-electron chi connectivity index (χ2n) is 6.71. The number of methoxy groups -OCH3 is 1. The summed E-state index contributed by atoms with van der Waals surface area (Å²) in [5, 5.41) is 13.6. The number of fused-ring (bicyclic) bond motifs is 3. The molecule has 0 atom stereocenters. The van der Waals surface area contributed by atoms with E-state index in [9.17, 15) is 23.3 Å². The highest BCUT2D eigenvalue weighted by Gasteiger charge is 2.35. The number of para-hydroxylation sites is 1. The van der Waals surface area contributed by atoms with Gasteiger partial charge in [0.05, 0.1) is 28.3 Å². The first-order valence-corrected chi connectivity index (χ1v) is 10.6. The molecule has 4 rings (SSSR count). The molecule has 0 bridgehead atoms. The van der Waals surface area contributed by atoms with Gasteiger partial charge in [0, 0.05) is 23.3 Å². The van der Waals surface area contributed by atoms with Crippen LogP contribution in [0.1, 0.15) is 0 Å². The molecule has 0 saturated carbocycles. The van der Waals surface area contributed by atoms with E-state index in [-0.39, 0.29) is 22.0 Å². The lowest BCUT2D eigenvalue weighted by molar-refractivity contribution is -0.384. The van der Waals surface area contributed by atoms with Crippen molar-refractivity contribution in [1.29, 1.82) is 0 Å². The Labute approximate surface area is 178 Å². The number of carbonyl (C=O) groups excluding carboxylic acids is 1. The van der Waals surface area contributed by atoms with Crippen LogP contribution in [0.4, 0.5) is 17.1 Å². The molecule has 0 spiro atoms. The fourth-order valence-electron chi connectivity index (χ4n) is 3.48. The number of amides is 1. The minimum Gasteiger partial charge on any atom is -0.495 e. The van der Waals surface area contributed by atoms with Crippen molar-refractivity contribution in [3.8, 4) is 16.9 Å². The van der Waals surface area contributed by atoms with Crippen LogP contribution in [0.3, 0.4) is 0 Å². The zero-order valence-corrected chi connectivity index (χ0v) is 17.1. The van der Waals surface area contributed by atoms with E-state index in [1.54, 1.807) is 42.5 Å². The highest BCUT2D eigenvalue weighted by atomic mass is 32.2. The maximum Gasteiger partial charge on any atom is 0.271 e. The zero-order valence-electron chi connectivity index (χ0n) is 16.3. The Bertz CT molecular complexity index is 1310. The molecule has 0 fully saturated rings. The SMILES string of the molecule is COc1ccc([N+](=O)[O-])cc1NC(=O)CN1c2ccccc2-c2ccccc2S1(=O)=O. The first-order valence-electron chi connectivity index (χ1n) is 9.16. The van der Waals surface area contributed by atoms with Crippen molar-refractivity contribution in [1.82, 2.24) is 0 Å². The van der Waals surface area contributed by atoms with Gasteiger partial charge in [0.15, 0.2) is 0 Å². The van der Waals surface area contributed by atoms with E-state index in [1.807, 2.05) is 0 Å². The van der Waals surface area contributed by atoms with Gasteiger partial charge in [-0.2, -0.15) is 0 Å². The van der Waals surface area contributed by atoms with Crippen LogP contribution >= 0.6 is 0 Å². The summed E-state index contributed by atoms with van der Waals surface area (Å²) in [5.41, 5.74) is 1.47. The van der Waals surface area contributed by atoms with E-state index in [1.165, 1.54) is 25.3 Å². The number of ether oxygens (including phenoxy) is 1. The molecule has 1 amide bonds. The van der Waals surface area contributed by atoms with Gasteiger partial charge in [-0.15, -0.1) is 0 Å². The van der Waals surface area contributed by atoms with E-state index in [2.05, 4.69) is 5.32 Å². The first-order chi connectivity index (χ1) is 14.8. The number of hydrogen-bond acceptors (Lipinski definition) is 6. The maximum absolute atomic E-state index is 13.3. The van der Waals surface area contributed by atoms with Crippen LogP contribution in [-0.4, -0.2) is 32.9 Å². The summed E-state index contributed by atoms with van der Waals surface area (Å²) in [7, 11) is -2.63. The molecule has 10 heteroatoms. The second kappa shape index (κ2) is 7.73. The lowest BCUT2D eigenvalue weighted by Gasteiger charge is -2.31. The number of nitrogens with zero attached hydrogens (tertiary/aromatic N) is 2. The van der Waals surface area contributed by atoms with Crippen LogP contribution in [0.25, 0.3) is 11.1 Å². The van der Waals surface area contributed by atoms with E-state index in [4.69, 9.17) is 4.74 Å². The molecule has 1 aliphatic rings. The number of anilines is 2. The predicted octanol–water partition coefficient (Wildman–Crippen LogP) is 3.42. The third-order valence-electron chi connectivity index (χ3n) is 4.87. The molecule has 0 saturated heterocycles. The standard InChI is InChI=1S/C21H17N3O6S/c1-30-19-11-10-14(24(26)27)12-17(19)22-21(25)13-23-18-8-4-2-6-15(18)16-7-3-5-9-20(16)31(23,28)29/h2-12H,13H2,1H3,(H,22,25). The molecular weight excluding hydrogens is 422 g/mol. The van der Waals surface area contributed by atoms with Gasteiger partial charge in [-0.1, -0.05) is 36.4 Å². The molecule has 0 aliphatic carbocycles. The Balaban J connectivity index is 1.69. The minimum atomic E-state index is -3.99. The topological polar surface area (TPSA) is 119 Å². The molecule has 1 heterocycles. The monoisotopic (exact) mass is 439 g/mol. The molecule has 3 aromatic carbocycles. The van der Waals surface area contributed by atoms with Crippen molar-refractivity contribution in [2.24, 2.45) is 0 Å². The normalized spacial score (nSPS) is 13.6. The third-order valence-corrected chi connectivity index (χ3v) is 6.69. The summed E-state index contributed by atoms with van der Waals surface area (Å²) in [6.07, 6.45) is 0. The highest BCUT2D eigenvalue weighted by Crippen LogP contribution is 2.42. The average Bonchev–Trinajstić information content (AvgIpc) is 2.76. The molecule has 1 aliphatic heterocycles. The van der Waals surface area contributed by atoms with Gasteiger partial charge >= 0.3 is 0 Å². The van der Waals surface area contributed by atoms with Crippen LogP contribution in [-0.2, 0) is 14.8 Å². The van der Waals surface area contributed by atoms with E-state index in [0.29, 0.717) is 16.8 Å². The Morgan fingerprint density at radius 1 is 1.06 bits per heavy atom. The number of nitro benzene ring substituents is 1. The Hall–Kier alpha value is -3.92. The minimum absolute atomic E-state index is 0.0739. The summed E-state index contributed by atoms with van der Waals surface area (Å²) in [4.78, 5) is 23.4. The van der Waals surface area contributed by atoms with Gasteiger partial charge in [0.1, 0.15) is 12.3 Å². The average molecular weight is 439 g/mol. The van der Waals surface area contributed by atoms with Crippen LogP contribution in [0.15, 0.2) is 71.6 Å². The van der Waals surface area contributed by atoms with E-state index in [0.717, 1.165) is 10.4 Å². The lowest BCUT2D eigenvalue weighted by atomic mass is 10.0. The second-order valence-corrected chi connectivity index (χ2v) is 8.55. The molecule has 31 heavy (non-hydrogen) atoms. The molecule has 0 radical (unpaired) electrons. The number of benzene rings is 3. The van der Waals surface area contributed by atoms with Crippen molar-refractivity contribution < 1.29 is 22.9 Å². The zero-order chi connectivity index (χ0) is 22.2. The van der Waals surface area contributed by atoms with E-state index < -0.39 is 27.4 Å². The number of rotatable bonds is 5. The van der Waals surface area contributed by atoms with Gasteiger partial charge in [-0.25, -0.2) is 8.42 Å². The first kappa shape index (κ1) is 20.4. The maximum atomic E-state index is 13.3. The van der Waals surface area contributed by atoms with Crippen LogP contribution in [0, 0.1) is 10.1 Å². The van der Waals surface area contributed by atoms with Gasteiger partial charge in [-0.3, -0.25) is 19.2 Å². The molecule has 9 nitrogen and oxygen atoms in total.